The Morgan fingerprint density at radius 1 is 1.32 bits per heavy atom. The molecule has 0 aliphatic carbocycles. The highest BCUT2D eigenvalue weighted by Gasteiger charge is 2.07. The Kier molecular flexibility index (Phi) is 10.8. The maximum absolute atomic E-state index is 5.34. The van der Waals surface area contributed by atoms with Crippen molar-refractivity contribution in [2.75, 3.05) is 32.8 Å². The minimum atomic E-state index is 0.716. The molecule has 0 aromatic carbocycles. The first kappa shape index (κ1) is 19.0. The predicted octanol–water partition coefficient (Wildman–Crippen LogP) is 3.49. The number of unbranched alkanes of at least 4 members (excludes halogenated alkanes) is 1. The number of nitrogens with zero attached hydrogens (tertiary/aromatic N) is 1. The van der Waals surface area contributed by atoms with E-state index in [0.717, 1.165) is 51.6 Å². The molecule has 0 aromatic rings. The Balaban J connectivity index is 2.35. The van der Waals surface area contributed by atoms with Crippen LogP contribution < -0.4 is 10.6 Å². The van der Waals surface area contributed by atoms with E-state index in [4.69, 9.17) is 9.73 Å². The van der Waals surface area contributed by atoms with Gasteiger partial charge in [0, 0.05) is 19.6 Å². The quantitative estimate of drug-likeness (QED) is 0.369. The number of aliphatic imine (C=N–C) groups is 1. The van der Waals surface area contributed by atoms with Gasteiger partial charge in [0.05, 0.1) is 13.2 Å². The smallest absolute Gasteiger partial charge is 0.191 e. The zero-order valence-electron chi connectivity index (χ0n) is 14.8. The standard InChI is InChI=1S/C18H35N3O/c1-4-7-8-16(5-2)15-21-18(19-6-3)20-12-9-17-10-13-22-14-11-17/h10,16H,4-9,11-15H2,1-3H3,(H2,19,20,21). The lowest BCUT2D eigenvalue weighted by molar-refractivity contribution is 0.153. The molecule has 1 atom stereocenters. The first-order valence-electron chi connectivity index (χ1n) is 9.07. The molecule has 1 aliphatic rings. The van der Waals surface area contributed by atoms with Crippen molar-refractivity contribution in [1.82, 2.24) is 10.6 Å². The molecule has 128 valence electrons. The van der Waals surface area contributed by atoms with Crippen LogP contribution in [0.15, 0.2) is 16.6 Å². The van der Waals surface area contributed by atoms with Gasteiger partial charge in [-0.2, -0.15) is 0 Å². The zero-order chi connectivity index (χ0) is 16.0. The third kappa shape index (κ3) is 8.42. The number of hydrogen-bond acceptors (Lipinski definition) is 2. The van der Waals surface area contributed by atoms with Gasteiger partial charge in [0.2, 0.25) is 0 Å². The lowest BCUT2D eigenvalue weighted by Gasteiger charge is -2.17. The molecule has 0 saturated carbocycles. The normalized spacial score (nSPS) is 17.0. The molecule has 0 bridgehead atoms. The molecule has 0 radical (unpaired) electrons. The van der Waals surface area contributed by atoms with Crippen molar-refractivity contribution < 1.29 is 4.74 Å². The summed E-state index contributed by atoms with van der Waals surface area (Å²) in [5.74, 6) is 1.68. The fraction of sp³-hybridized carbons (Fsp3) is 0.833. The molecule has 1 heterocycles. The Labute approximate surface area is 136 Å². The topological polar surface area (TPSA) is 45.7 Å². The van der Waals surface area contributed by atoms with E-state index in [2.05, 4.69) is 37.5 Å². The fourth-order valence-electron chi connectivity index (χ4n) is 2.61. The molecular formula is C18H35N3O. The fourth-order valence-corrected chi connectivity index (χ4v) is 2.61. The number of ether oxygens (including phenoxy) is 1. The second-order valence-electron chi connectivity index (χ2n) is 6.00. The largest absolute Gasteiger partial charge is 0.377 e. The van der Waals surface area contributed by atoms with Crippen LogP contribution in [0.25, 0.3) is 0 Å². The maximum Gasteiger partial charge on any atom is 0.191 e. The highest BCUT2D eigenvalue weighted by atomic mass is 16.5. The van der Waals surface area contributed by atoms with E-state index in [0.29, 0.717) is 5.92 Å². The van der Waals surface area contributed by atoms with Gasteiger partial charge in [-0.1, -0.05) is 44.8 Å². The lowest BCUT2D eigenvalue weighted by Crippen LogP contribution is -2.38. The van der Waals surface area contributed by atoms with Crippen molar-refractivity contribution >= 4 is 5.96 Å². The van der Waals surface area contributed by atoms with Crippen LogP contribution in [-0.4, -0.2) is 38.8 Å². The van der Waals surface area contributed by atoms with Crippen LogP contribution in [0.5, 0.6) is 0 Å². The van der Waals surface area contributed by atoms with Crippen molar-refractivity contribution in [2.45, 2.75) is 59.3 Å². The monoisotopic (exact) mass is 309 g/mol. The van der Waals surface area contributed by atoms with Gasteiger partial charge in [0.15, 0.2) is 5.96 Å². The van der Waals surface area contributed by atoms with Gasteiger partial charge in [-0.15, -0.1) is 0 Å². The van der Waals surface area contributed by atoms with Gasteiger partial charge in [-0.25, -0.2) is 0 Å². The molecular weight excluding hydrogens is 274 g/mol. The number of rotatable bonds is 10. The summed E-state index contributed by atoms with van der Waals surface area (Å²) in [6, 6.07) is 0. The van der Waals surface area contributed by atoms with Crippen LogP contribution in [-0.2, 0) is 4.74 Å². The summed E-state index contributed by atoms with van der Waals surface area (Å²) in [6.45, 7) is 11.1. The van der Waals surface area contributed by atoms with Gasteiger partial charge >= 0.3 is 0 Å². The number of nitrogens with one attached hydrogen (secondary N) is 2. The van der Waals surface area contributed by atoms with Crippen LogP contribution in [0.3, 0.4) is 0 Å². The zero-order valence-corrected chi connectivity index (χ0v) is 14.8. The summed E-state index contributed by atoms with van der Waals surface area (Å²) in [4.78, 5) is 4.77. The maximum atomic E-state index is 5.34. The minimum Gasteiger partial charge on any atom is -0.377 e. The van der Waals surface area contributed by atoms with E-state index < -0.39 is 0 Å². The lowest BCUT2D eigenvalue weighted by atomic mass is 10.00. The molecule has 1 rings (SSSR count). The second kappa shape index (κ2) is 12.5. The van der Waals surface area contributed by atoms with Gasteiger partial charge < -0.3 is 15.4 Å². The molecule has 0 aromatic heterocycles. The first-order valence-corrected chi connectivity index (χ1v) is 9.07. The van der Waals surface area contributed by atoms with Crippen molar-refractivity contribution in [2.24, 2.45) is 10.9 Å². The predicted molar refractivity (Wildman–Crippen MR) is 95.4 cm³/mol. The molecule has 22 heavy (non-hydrogen) atoms. The summed E-state index contributed by atoms with van der Waals surface area (Å²) in [5.41, 5.74) is 1.50. The minimum absolute atomic E-state index is 0.716. The molecule has 1 unspecified atom stereocenters. The number of guanidine groups is 1. The van der Waals surface area contributed by atoms with E-state index in [1.165, 1.54) is 31.3 Å². The molecule has 4 nitrogen and oxygen atoms in total. The van der Waals surface area contributed by atoms with Crippen molar-refractivity contribution in [3.63, 3.8) is 0 Å². The van der Waals surface area contributed by atoms with E-state index in [-0.39, 0.29) is 0 Å². The second-order valence-corrected chi connectivity index (χ2v) is 6.00. The van der Waals surface area contributed by atoms with E-state index in [1.54, 1.807) is 0 Å². The summed E-state index contributed by atoms with van der Waals surface area (Å²) in [6.07, 6.45) is 9.47. The molecule has 0 fully saturated rings. The van der Waals surface area contributed by atoms with Gasteiger partial charge in [0.25, 0.3) is 0 Å². The summed E-state index contributed by atoms with van der Waals surface area (Å²) in [7, 11) is 0. The molecule has 0 saturated heterocycles. The molecule has 2 N–H and O–H groups in total. The summed E-state index contributed by atoms with van der Waals surface area (Å²) >= 11 is 0. The van der Waals surface area contributed by atoms with E-state index in [1.807, 2.05) is 0 Å². The molecule has 0 amide bonds. The number of hydrogen-bond donors (Lipinski definition) is 2. The molecule has 0 spiro atoms. The molecule has 1 aliphatic heterocycles. The Hall–Kier alpha value is -1.03. The highest BCUT2D eigenvalue weighted by Crippen LogP contribution is 2.13. The molecule has 4 heteroatoms. The Morgan fingerprint density at radius 2 is 2.18 bits per heavy atom. The van der Waals surface area contributed by atoms with Crippen molar-refractivity contribution in [3.05, 3.63) is 11.6 Å². The average Bonchev–Trinajstić information content (AvgIpc) is 2.56. The first-order chi connectivity index (χ1) is 10.8. The summed E-state index contributed by atoms with van der Waals surface area (Å²) in [5, 5.41) is 6.81. The van der Waals surface area contributed by atoms with E-state index >= 15 is 0 Å². The van der Waals surface area contributed by atoms with Gasteiger partial charge in [-0.05, 0) is 32.1 Å². The van der Waals surface area contributed by atoms with Crippen LogP contribution in [0.1, 0.15) is 59.3 Å². The van der Waals surface area contributed by atoms with Crippen LogP contribution in [0.4, 0.5) is 0 Å². The van der Waals surface area contributed by atoms with Crippen molar-refractivity contribution in [3.8, 4) is 0 Å². The van der Waals surface area contributed by atoms with Gasteiger partial charge in [-0.3, -0.25) is 4.99 Å². The third-order valence-electron chi connectivity index (χ3n) is 4.19. The van der Waals surface area contributed by atoms with Crippen molar-refractivity contribution in [1.29, 1.82) is 0 Å². The Bertz CT molecular complexity index is 339. The van der Waals surface area contributed by atoms with Crippen LogP contribution in [0, 0.1) is 5.92 Å². The SMILES string of the molecule is CCCCC(CC)CN=C(NCC)NCCC1=CCOCC1. The van der Waals surface area contributed by atoms with Gasteiger partial charge in [0.1, 0.15) is 0 Å². The van der Waals surface area contributed by atoms with Crippen LogP contribution in [0.2, 0.25) is 0 Å². The summed E-state index contributed by atoms with van der Waals surface area (Å²) < 4.78 is 5.34. The Morgan fingerprint density at radius 3 is 2.82 bits per heavy atom. The average molecular weight is 309 g/mol. The van der Waals surface area contributed by atoms with E-state index in [9.17, 15) is 0 Å². The third-order valence-corrected chi connectivity index (χ3v) is 4.19. The van der Waals surface area contributed by atoms with Crippen LogP contribution >= 0.6 is 0 Å². The highest BCUT2D eigenvalue weighted by molar-refractivity contribution is 5.79.